The van der Waals surface area contributed by atoms with Gasteiger partial charge in [0.05, 0.1) is 17.1 Å². The number of benzene rings is 3. The predicted molar refractivity (Wildman–Crippen MR) is 115 cm³/mol. The van der Waals surface area contributed by atoms with Crippen LogP contribution in [0.1, 0.15) is 22.7 Å². The molecule has 0 unspecified atom stereocenters. The first kappa shape index (κ1) is 16.3. The summed E-state index contributed by atoms with van der Waals surface area (Å²) in [5.41, 5.74) is 6.89. The van der Waals surface area contributed by atoms with Gasteiger partial charge >= 0.3 is 0 Å². The first-order chi connectivity index (χ1) is 13.2. The highest BCUT2D eigenvalue weighted by molar-refractivity contribution is 9.10. The minimum Gasteiger partial charge on any atom is -0.325 e. The SMILES string of the molecule is Cc1cccc([C@@H]2C=C(c3ccc(Br)cc3)Nc3nc4ccccc4n32)c1. The second-order valence-corrected chi connectivity index (χ2v) is 7.78. The summed E-state index contributed by atoms with van der Waals surface area (Å²) in [5, 5.41) is 3.53. The van der Waals surface area contributed by atoms with Crippen molar-refractivity contribution in [3.05, 3.63) is 100 Å². The molecule has 0 saturated heterocycles. The number of allylic oxidation sites excluding steroid dienone is 1. The zero-order valence-corrected chi connectivity index (χ0v) is 16.4. The van der Waals surface area contributed by atoms with Gasteiger partial charge in [-0.2, -0.15) is 0 Å². The van der Waals surface area contributed by atoms with E-state index in [9.17, 15) is 0 Å². The Morgan fingerprint density at radius 1 is 0.963 bits per heavy atom. The largest absolute Gasteiger partial charge is 0.325 e. The van der Waals surface area contributed by atoms with Gasteiger partial charge in [0.1, 0.15) is 0 Å². The van der Waals surface area contributed by atoms with Gasteiger partial charge in [0.15, 0.2) is 0 Å². The van der Waals surface area contributed by atoms with Crippen molar-refractivity contribution in [2.75, 3.05) is 5.32 Å². The van der Waals surface area contributed by atoms with Crippen LogP contribution in [0.2, 0.25) is 0 Å². The molecule has 1 aliphatic heterocycles. The number of hydrogen-bond acceptors (Lipinski definition) is 2. The third-order valence-corrected chi connectivity index (χ3v) is 5.51. The Hall–Kier alpha value is -2.85. The van der Waals surface area contributed by atoms with Gasteiger partial charge in [0.25, 0.3) is 0 Å². The third kappa shape index (κ3) is 2.86. The van der Waals surface area contributed by atoms with Crippen molar-refractivity contribution in [2.24, 2.45) is 0 Å². The second kappa shape index (κ2) is 6.39. The lowest BCUT2D eigenvalue weighted by atomic mass is 9.99. The van der Waals surface area contributed by atoms with Gasteiger partial charge in [-0.15, -0.1) is 0 Å². The lowest BCUT2D eigenvalue weighted by Crippen LogP contribution is -2.19. The van der Waals surface area contributed by atoms with Crippen molar-refractivity contribution in [2.45, 2.75) is 13.0 Å². The van der Waals surface area contributed by atoms with Gasteiger partial charge in [-0.25, -0.2) is 4.98 Å². The lowest BCUT2D eigenvalue weighted by molar-refractivity contribution is 0.720. The monoisotopic (exact) mass is 415 g/mol. The molecule has 1 aliphatic rings. The molecule has 4 aromatic rings. The fourth-order valence-electron chi connectivity index (χ4n) is 3.71. The van der Waals surface area contributed by atoms with Gasteiger partial charge in [0.2, 0.25) is 5.95 Å². The number of aromatic nitrogens is 2. The molecule has 1 aromatic heterocycles. The number of rotatable bonds is 2. The Balaban J connectivity index is 1.72. The minimum atomic E-state index is 0.0900. The number of nitrogens with zero attached hydrogens (tertiary/aromatic N) is 2. The molecule has 0 aliphatic carbocycles. The summed E-state index contributed by atoms with van der Waals surface area (Å²) in [6.45, 7) is 2.14. The van der Waals surface area contributed by atoms with E-state index in [1.54, 1.807) is 0 Å². The molecular weight excluding hydrogens is 398 g/mol. The average Bonchev–Trinajstić information content (AvgIpc) is 3.06. The fourth-order valence-corrected chi connectivity index (χ4v) is 3.97. The Morgan fingerprint density at radius 2 is 1.78 bits per heavy atom. The lowest BCUT2D eigenvalue weighted by Gasteiger charge is -2.27. The molecule has 132 valence electrons. The molecule has 5 rings (SSSR count). The van der Waals surface area contributed by atoms with Crippen LogP contribution in [-0.4, -0.2) is 9.55 Å². The van der Waals surface area contributed by atoms with Crippen molar-refractivity contribution in [3.8, 4) is 0 Å². The van der Waals surface area contributed by atoms with Crippen LogP contribution in [0.5, 0.6) is 0 Å². The van der Waals surface area contributed by atoms with E-state index >= 15 is 0 Å². The van der Waals surface area contributed by atoms with E-state index in [4.69, 9.17) is 4.98 Å². The van der Waals surface area contributed by atoms with E-state index in [1.165, 1.54) is 11.1 Å². The van der Waals surface area contributed by atoms with Crippen LogP contribution in [0.4, 0.5) is 5.95 Å². The van der Waals surface area contributed by atoms with Crippen LogP contribution in [0.25, 0.3) is 16.7 Å². The second-order valence-electron chi connectivity index (χ2n) is 6.87. The first-order valence-corrected chi connectivity index (χ1v) is 9.77. The minimum absolute atomic E-state index is 0.0900. The number of aryl methyl sites for hydroxylation is 1. The Kier molecular flexibility index (Phi) is 3.87. The van der Waals surface area contributed by atoms with Crippen LogP contribution >= 0.6 is 15.9 Å². The molecule has 0 radical (unpaired) electrons. The highest BCUT2D eigenvalue weighted by Crippen LogP contribution is 2.37. The van der Waals surface area contributed by atoms with E-state index in [0.717, 1.165) is 32.7 Å². The summed E-state index contributed by atoms with van der Waals surface area (Å²) in [6, 6.07) is 25.5. The molecule has 1 atom stereocenters. The number of anilines is 1. The van der Waals surface area contributed by atoms with E-state index < -0.39 is 0 Å². The molecule has 0 saturated carbocycles. The van der Waals surface area contributed by atoms with E-state index in [1.807, 2.05) is 6.07 Å². The van der Waals surface area contributed by atoms with Crippen LogP contribution in [-0.2, 0) is 0 Å². The summed E-state index contributed by atoms with van der Waals surface area (Å²) in [7, 11) is 0. The molecule has 1 N–H and O–H groups in total. The summed E-state index contributed by atoms with van der Waals surface area (Å²) in [5.74, 6) is 0.878. The van der Waals surface area contributed by atoms with E-state index in [0.29, 0.717) is 0 Å². The summed E-state index contributed by atoms with van der Waals surface area (Å²) < 4.78 is 3.36. The number of para-hydroxylation sites is 2. The predicted octanol–water partition coefficient (Wildman–Crippen LogP) is 6.16. The van der Waals surface area contributed by atoms with Gasteiger partial charge in [-0.1, -0.05) is 70.0 Å². The van der Waals surface area contributed by atoms with Crippen LogP contribution in [0, 0.1) is 6.92 Å². The van der Waals surface area contributed by atoms with Crippen LogP contribution in [0.3, 0.4) is 0 Å². The standard InChI is InChI=1S/C23H18BrN3/c1-15-5-4-6-17(13-15)22-14-20(16-9-11-18(24)12-10-16)26-23-25-19-7-2-3-8-21(19)27(22)23/h2-14,22H,1H3,(H,25,26)/t22-/m0/s1. The zero-order valence-electron chi connectivity index (χ0n) is 14.9. The van der Waals surface area contributed by atoms with Crippen molar-refractivity contribution >= 4 is 38.6 Å². The number of fused-ring (bicyclic) bond motifs is 3. The maximum atomic E-state index is 4.85. The highest BCUT2D eigenvalue weighted by Gasteiger charge is 2.25. The molecule has 0 spiro atoms. The van der Waals surface area contributed by atoms with Gasteiger partial charge < -0.3 is 5.32 Å². The van der Waals surface area contributed by atoms with Gasteiger partial charge in [-0.3, -0.25) is 4.57 Å². The van der Waals surface area contributed by atoms with Crippen molar-refractivity contribution in [3.63, 3.8) is 0 Å². The molecule has 27 heavy (non-hydrogen) atoms. The first-order valence-electron chi connectivity index (χ1n) is 8.97. The quantitative estimate of drug-likeness (QED) is 0.424. The topological polar surface area (TPSA) is 29.9 Å². The maximum Gasteiger partial charge on any atom is 0.209 e. The van der Waals surface area contributed by atoms with E-state index in [2.05, 4.69) is 106 Å². The molecule has 0 amide bonds. The average molecular weight is 416 g/mol. The van der Waals surface area contributed by atoms with Gasteiger partial charge in [-0.05, 0) is 48.4 Å². The molecule has 4 heteroatoms. The van der Waals surface area contributed by atoms with Crippen LogP contribution < -0.4 is 5.32 Å². The molecule has 3 nitrogen and oxygen atoms in total. The van der Waals surface area contributed by atoms with Crippen molar-refractivity contribution in [1.29, 1.82) is 0 Å². The molecule has 3 aromatic carbocycles. The zero-order chi connectivity index (χ0) is 18.4. The number of hydrogen-bond donors (Lipinski definition) is 1. The molecular formula is C23H18BrN3. The Bertz CT molecular complexity index is 1170. The van der Waals surface area contributed by atoms with Crippen LogP contribution in [0.15, 0.2) is 83.3 Å². The highest BCUT2D eigenvalue weighted by atomic mass is 79.9. The van der Waals surface area contributed by atoms with Crippen molar-refractivity contribution < 1.29 is 0 Å². The third-order valence-electron chi connectivity index (χ3n) is 4.98. The van der Waals surface area contributed by atoms with E-state index in [-0.39, 0.29) is 6.04 Å². The number of imidazole rings is 1. The van der Waals surface area contributed by atoms with Gasteiger partial charge in [0, 0.05) is 10.2 Å². The summed E-state index contributed by atoms with van der Waals surface area (Å²) >= 11 is 3.52. The maximum absolute atomic E-state index is 4.85. The number of halogens is 1. The summed E-state index contributed by atoms with van der Waals surface area (Å²) in [4.78, 5) is 4.85. The van der Waals surface area contributed by atoms with Crippen molar-refractivity contribution in [1.82, 2.24) is 9.55 Å². The normalized spacial score (nSPS) is 15.9. The number of nitrogens with one attached hydrogen (secondary N) is 1. The summed E-state index contributed by atoms with van der Waals surface area (Å²) in [6.07, 6.45) is 2.29. The smallest absolute Gasteiger partial charge is 0.209 e. The Labute approximate surface area is 166 Å². The Morgan fingerprint density at radius 3 is 2.59 bits per heavy atom. The fraction of sp³-hybridized carbons (Fsp3) is 0.0870. The molecule has 2 heterocycles. The molecule has 0 fully saturated rings. The molecule has 0 bridgehead atoms.